The molecule has 0 amide bonds. The Hall–Kier alpha value is -1.95. The molecule has 0 aromatic heterocycles. The lowest BCUT2D eigenvalue weighted by Crippen LogP contribution is -2.10. The van der Waals surface area contributed by atoms with E-state index in [9.17, 15) is 14.5 Å². The Morgan fingerprint density at radius 3 is 2.71 bits per heavy atom. The molecule has 0 spiro atoms. The van der Waals surface area contributed by atoms with Crippen LogP contribution < -0.4 is 5.32 Å². The zero-order valence-corrected chi connectivity index (χ0v) is 12.9. The number of nitrogens with one attached hydrogen (secondary N) is 1. The van der Waals surface area contributed by atoms with E-state index in [1.165, 1.54) is 18.2 Å². The number of nitro benzene ring substituents is 1. The van der Waals surface area contributed by atoms with Gasteiger partial charge in [-0.1, -0.05) is 19.1 Å². The van der Waals surface area contributed by atoms with Crippen LogP contribution in [0.4, 0.5) is 15.8 Å². The lowest BCUT2D eigenvalue weighted by atomic mass is 10.0. The van der Waals surface area contributed by atoms with Gasteiger partial charge in [0.25, 0.3) is 5.69 Å². The number of nitro groups is 1. The number of halogens is 2. The molecule has 2 rings (SSSR count). The van der Waals surface area contributed by atoms with Crippen LogP contribution >= 0.6 is 15.9 Å². The second kappa shape index (κ2) is 6.67. The van der Waals surface area contributed by atoms with Crippen molar-refractivity contribution in [2.24, 2.45) is 0 Å². The molecule has 0 saturated heterocycles. The van der Waals surface area contributed by atoms with Crippen LogP contribution in [0.3, 0.4) is 0 Å². The highest BCUT2D eigenvalue weighted by molar-refractivity contribution is 9.10. The van der Waals surface area contributed by atoms with Crippen LogP contribution in [0.25, 0.3) is 0 Å². The van der Waals surface area contributed by atoms with Crippen LogP contribution in [0.15, 0.2) is 46.9 Å². The molecule has 0 heterocycles. The maximum Gasteiger partial charge on any atom is 0.269 e. The fraction of sp³-hybridized carbons (Fsp3) is 0.200. The summed E-state index contributed by atoms with van der Waals surface area (Å²) >= 11 is 3.30. The standard InChI is InChI=1S/C15H14BrFN2O2/c1-2-14(10-4-3-5-12(8-10)19(20)21)18-15-7-6-11(17)9-13(15)16/h3-9,14,18H,2H2,1H3. The number of hydrogen-bond donors (Lipinski definition) is 1. The molecule has 0 fully saturated rings. The molecule has 4 nitrogen and oxygen atoms in total. The Labute approximate surface area is 130 Å². The summed E-state index contributed by atoms with van der Waals surface area (Å²) in [6.45, 7) is 1.98. The summed E-state index contributed by atoms with van der Waals surface area (Å²) in [6, 6.07) is 10.8. The zero-order chi connectivity index (χ0) is 15.4. The van der Waals surface area contributed by atoms with Gasteiger partial charge in [0.1, 0.15) is 5.82 Å². The van der Waals surface area contributed by atoms with Gasteiger partial charge in [0, 0.05) is 22.3 Å². The molecule has 6 heteroatoms. The minimum Gasteiger partial charge on any atom is -0.377 e. The summed E-state index contributed by atoms with van der Waals surface area (Å²) in [7, 11) is 0. The summed E-state index contributed by atoms with van der Waals surface area (Å²) in [5.74, 6) is -0.323. The molecule has 0 aliphatic rings. The summed E-state index contributed by atoms with van der Waals surface area (Å²) in [5.41, 5.74) is 1.63. The average molecular weight is 353 g/mol. The van der Waals surface area contributed by atoms with E-state index in [-0.39, 0.29) is 17.5 Å². The zero-order valence-electron chi connectivity index (χ0n) is 11.3. The number of hydrogen-bond acceptors (Lipinski definition) is 3. The van der Waals surface area contributed by atoms with E-state index in [2.05, 4.69) is 21.2 Å². The monoisotopic (exact) mass is 352 g/mol. The van der Waals surface area contributed by atoms with E-state index in [1.807, 2.05) is 13.0 Å². The number of benzene rings is 2. The van der Waals surface area contributed by atoms with Crippen LogP contribution in [0.1, 0.15) is 24.9 Å². The number of non-ortho nitro benzene ring substituents is 1. The van der Waals surface area contributed by atoms with E-state index >= 15 is 0 Å². The highest BCUT2D eigenvalue weighted by Gasteiger charge is 2.14. The molecular weight excluding hydrogens is 339 g/mol. The quantitative estimate of drug-likeness (QED) is 0.604. The minimum absolute atomic E-state index is 0.0610. The van der Waals surface area contributed by atoms with E-state index in [4.69, 9.17) is 0 Å². The predicted octanol–water partition coefficient (Wildman–Crippen LogP) is 5.06. The Kier molecular flexibility index (Phi) is 4.90. The Morgan fingerprint density at radius 1 is 1.33 bits per heavy atom. The molecule has 1 unspecified atom stereocenters. The van der Waals surface area contributed by atoms with Crippen molar-refractivity contribution in [1.82, 2.24) is 0 Å². The summed E-state index contributed by atoms with van der Waals surface area (Å²) in [5, 5.41) is 14.1. The van der Waals surface area contributed by atoms with Gasteiger partial charge >= 0.3 is 0 Å². The van der Waals surface area contributed by atoms with E-state index in [0.29, 0.717) is 4.47 Å². The summed E-state index contributed by atoms with van der Waals surface area (Å²) < 4.78 is 13.7. The fourth-order valence-corrected chi connectivity index (χ4v) is 2.54. The van der Waals surface area contributed by atoms with Gasteiger partial charge in [0.2, 0.25) is 0 Å². The van der Waals surface area contributed by atoms with Crippen LogP contribution in [0.5, 0.6) is 0 Å². The van der Waals surface area contributed by atoms with Crippen molar-refractivity contribution in [3.05, 3.63) is 68.4 Å². The molecule has 1 atom stereocenters. The molecule has 110 valence electrons. The summed E-state index contributed by atoms with van der Waals surface area (Å²) in [4.78, 5) is 10.4. The molecule has 0 aliphatic heterocycles. The first-order chi connectivity index (χ1) is 10.0. The largest absolute Gasteiger partial charge is 0.377 e. The topological polar surface area (TPSA) is 55.2 Å². The van der Waals surface area contributed by atoms with Gasteiger partial charge in [-0.25, -0.2) is 4.39 Å². The Bertz CT molecular complexity index is 664. The lowest BCUT2D eigenvalue weighted by molar-refractivity contribution is -0.384. The smallest absolute Gasteiger partial charge is 0.269 e. The fourth-order valence-electron chi connectivity index (χ4n) is 2.07. The lowest BCUT2D eigenvalue weighted by Gasteiger charge is -2.19. The van der Waals surface area contributed by atoms with Gasteiger partial charge in [-0.15, -0.1) is 0 Å². The molecule has 0 bridgehead atoms. The van der Waals surface area contributed by atoms with Crippen molar-refractivity contribution >= 4 is 27.3 Å². The van der Waals surface area contributed by atoms with Crippen LogP contribution in [-0.4, -0.2) is 4.92 Å². The SMILES string of the molecule is CCC(Nc1ccc(F)cc1Br)c1cccc([N+](=O)[O-])c1. The highest BCUT2D eigenvalue weighted by Crippen LogP contribution is 2.30. The second-order valence-corrected chi connectivity index (χ2v) is 5.44. The second-order valence-electron chi connectivity index (χ2n) is 4.58. The van der Waals surface area contributed by atoms with Gasteiger partial charge in [0.05, 0.1) is 11.0 Å². The van der Waals surface area contributed by atoms with Gasteiger partial charge < -0.3 is 5.32 Å². The van der Waals surface area contributed by atoms with E-state index in [0.717, 1.165) is 17.7 Å². The molecule has 0 aliphatic carbocycles. The normalized spacial score (nSPS) is 12.0. The predicted molar refractivity (Wildman–Crippen MR) is 83.9 cm³/mol. The first-order valence-corrected chi connectivity index (χ1v) is 7.26. The Balaban J connectivity index is 2.27. The van der Waals surface area contributed by atoms with Crippen LogP contribution in [0.2, 0.25) is 0 Å². The van der Waals surface area contributed by atoms with Crippen molar-refractivity contribution < 1.29 is 9.31 Å². The third kappa shape index (κ3) is 3.78. The molecule has 2 aromatic rings. The van der Waals surface area contributed by atoms with E-state index < -0.39 is 4.92 Å². The van der Waals surface area contributed by atoms with Gasteiger partial charge in [-0.05, 0) is 46.1 Å². The molecule has 1 N–H and O–H groups in total. The number of anilines is 1. The third-order valence-corrected chi connectivity index (χ3v) is 3.81. The first kappa shape index (κ1) is 15.4. The third-order valence-electron chi connectivity index (χ3n) is 3.15. The molecule has 21 heavy (non-hydrogen) atoms. The molecule has 0 radical (unpaired) electrons. The minimum atomic E-state index is -0.413. The number of rotatable bonds is 5. The molecule has 0 saturated carbocycles. The highest BCUT2D eigenvalue weighted by atomic mass is 79.9. The summed E-state index contributed by atoms with van der Waals surface area (Å²) in [6.07, 6.45) is 0.741. The Morgan fingerprint density at radius 2 is 2.10 bits per heavy atom. The van der Waals surface area contributed by atoms with Gasteiger partial charge in [-0.2, -0.15) is 0 Å². The van der Waals surface area contributed by atoms with Crippen LogP contribution in [-0.2, 0) is 0 Å². The van der Waals surface area contributed by atoms with E-state index in [1.54, 1.807) is 18.2 Å². The maximum absolute atomic E-state index is 13.1. The van der Waals surface area contributed by atoms with Gasteiger partial charge in [0.15, 0.2) is 0 Å². The average Bonchev–Trinajstić information content (AvgIpc) is 2.46. The van der Waals surface area contributed by atoms with Crippen LogP contribution in [0, 0.1) is 15.9 Å². The van der Waals surface area contributed by atoms with Crippen molar-refractivity contribution in [3.8, 4) is 0 Å². The maximum atomic E-state index is 13.1. The molecule has 2 aromatic carbocycles. The van der Waals surface area contributed by atoms with Gasteiger partial charge in [-0.3, -0.25) is 10.1 Å². The molecular formula is C15H14BrFN2O2. The first-order valence-electron chi connectivity index (χ1n) is 6.47. The van der Waals surface area contributed by atoms with Crippen molar-refractivity contribution in [2.75, 3.05) is 5.32 Å². The van der Waals surface area contributed by atoms with Crippen molar-refractivity contribution in [1.29, 1.82) is 0 Å². The van der Waals surface area contributed by atoms with Crippen molar-refractivity contribution in [3.63, 3.8) is 0 Å². The van der Waals surface area contributed by atoms with Crippen molar-refractivity contribution in [2.45, 2.75) is 19.4 Å². The number of nitrogens with zero attached hydrogens (tertiary/aromatic N) is 1.